The average Bonchev–Trinajstić information content (AvgIpc) is 2.92. The van der Waals surface area contributed by atoms with E-state index in [0.717, 1.165) is 22.5 Å². The highest BCUT2D eigenvalue weighted by Gasteiger charge is 2.45. The molecule has 0 unspecified atom stereocenters. The third kappa shape index (κ3) is 3.38. The van der Waals surface area contributed by atoms with Crippen LogP contribution in [0.3, 0.4) is 0 Å². The third-order valence-electron chi connectivity index (χ3n) is 6.97. The monoisotopic (exact) mass is 453 g/mol. The zero-order valence-corrected chi connectivity index (χ0v) is 19.1. The smallest absolute Gasteiger partial charge is 0.423 e. The van der Waals surface area contributed by atoms with Crippen LogP contribution in [0.1, 0.15) is 22.3 Å². The largest absolute Gasteiger partial charge is 0.488 e. The van der Waals surface area contributed by atoms with E-state index >= 15 is 0 Å². The van der Waals surface area contributed by atoms with Crippen molar-refractivity contribution in [1.29, 1.82) is 0 Å². The van der Waals surface area contributed by atoms with E-state index in [1.54, 1.807) is 12.1 Å². The van der Waals surface area contributed by atoms with E-state index in [1.807, 2.05) is 12.1 Å². The summed E-state index contributed by atoms with van der Waals surface area (Å²) >= 11 is 0. The van der Waals surface area contributed by atoms with Gasteiger partial charge in [0.15, 0.2) is 0 Å². The van der Waals surface area contributed by atoms with Gasteiger partial charge in [-0.1, -0.05) is 115 Å². The second-order valence-electron chi connectivity index (χ2n) is 8.88. The van der Waals surface area contributed by atoms with Crippen LogP contribution >= 0.6 is 0 Å². The molecule has 0 atom stereocenters. The van der Waals surface area contributed by atoms with Crippen molar-refractivity contribution in [2.45, 2.75) is 5.41 Å². The van der Waals surface area contributed by atoms with Crippen LogP contribution in [-0.2, 0) is 5.41 Å². The first-order valence-electron chi connectivity index (χ1n) is 11.8. The molecule has 0 amide bonds. The summed E-state index contributed by atoms with van der Waals surface area (Å²) in [5, 5.41) is 22.9. The van der Waals surface area contributed by atoms with Crippen molar-refractivity contribution in [3.63, 3.8) is 0 Å². The van der Waals surface area contributed by atoms with Crippen LogP contribution < -0.4 is 10.8 Å². The van der Waals surface area contributed by atoms with Gasteiger partial charge in [0.25, 0.3) is 0 Å². The van der Waals surface area contributed by atoms with Crippen molar-refractivity contribution in [1.82, 2.24) is 0 Å². The minimum atomic E-state index is -1.49. The van der Waals surface area contributed by atoms with E-state index in [2.05, 4.69) is 108 Å². The van der Waals surface area contributed by atoms with Crippen LogP contribution in [0.15, 0.2) is 127 Å². The molecular weight excluding hydrogens is 429 g/mol. The number of para-hydroxylation sites is 1. The molecule has 6 rings (SSSR count). The fraction of sp³-hybridized carbons (Fsp3) is 0.0323. The van der Waals surface area contributed by atoms with Gasteiger partial charge in [-0.25, -0.2) is 0 Å². The number of hydrogen-bond acceptors (Lipinski definition) is 3. The molecule has 0 spiro atoms. The lowest BCUT2D eigenvalue weighted by Crippen LogP contribution is -2.35. The molecule has 1 aliphatic heterocycles. The molecule has 5 aromatic carbocycles. The van der Waals surface area contributed by atoms with Crippen LogP contribution in [0, 0.1) is 0 Å². The van der Waals surface area contributed by atoms with Gasteiger partial charge in [-0.3, -0.25) is 0 Å². The molecule has 0 saturated heterocycles. The van der Waals surface area contributed by atoms with Crippen LogP contribution in [-0.4, -0.2) is 17.2 Å². The summed E-state index contributed by atoms with van der Waals surface area (Å²) in [6.45, 7) is 0. The van der Waals surface area contributed by atoms with Crippen molar-refractivity contribution in [3.05, 3.63) is 150 Å². The first kappa shape index (κ1) is 21.4. The Labute approximate surface area is 205 Å². The first-order valence-corrected chi connectivity index (χ1v) is 11.8. The zero-order valence-electron chi connectivity index (χ0n) is 19.1. The highest BCUT2D eigenvalue weighted by molar-refractivity contribution is 6.58. The fourth-order valence-corrected chi connectivity index (χ4v) is 5.48. The van der Waals surface area contributed by atoms with Crippen molar-refractivity contribution in [2.75, 3.05) is 5.32 Å². The quantitative estimate of drug-likeness (QED) is 0.310. The van der Waals surface area contributed by atoms with Crippen LogP contribution in [0.2, 0.25) is 0 Å². The fourth-order valence-electron chi connectivity index (χ4n) is 5.48. The van der Waals surface area contributed by atoms with Crippen molar-refractivity contribution in [3.8, 4) is 11.1 Å². The lowest BCUT2D eigenvalue weighted by Gasteiger charge is -2.43. The van der Waals surface area contributed by atoms with Gasteiger partial charge in [-0.05, 0) is 45.4 Å². The molecule has 35 heavy (non-hydrogen) atoms. The maximum absolute atomic E-state index is 9.61. The SMILES string of the molecule is OB(O)c1ccc(-c2cccc3c2C(c2ccccc2)(c2ccccc2)c2ccccc2N3)cc1. The molecule has 168 valence electrons. The molecule has 0 bridgehead atoms. The Kier molecular flexibility index (Phi) is 5.26. The summed E-state index contributed by atoms with van der Waals surface area (Å²) < 4.78 is 0. The lowest BCUT2D eigenvalue weighted by atomic mass is 9.61. The molecule has 0 radical (unpaired) electrons. The van der Waals surface area contributed by atoms with Crippen molar-refractivity contribution < 1.29 is 10.0 Å². The second kappa shape index (κ2) is 8.59. The number of hydrogen-bond donors (Lipinski definition) is 3. The highest BCUT2D eigenvalue weighted by atomic mass is 16.4. The number of nitrogens with one attached hydrogen (secondary N) is 1. The Morgan fingerprint density at radius 3 is 1.74 bits per heavy atom. The molecule has 1 heterocycles. The van der Waals surface area contributed by atoms with Gasteiger partial charge in [0.2, 0.25) is 0 Å². The molecule has 3 nitrogen and oxygen atoms in total. The maximum atomic E-state index is 9.61. The summed E-state index contributed by atoms with van der Waals surface area (Å²) in [6, 6.07) is 43.7. The Balaban J connectivity index is 1.74. The van der Waals surface area contributed by atoms with Gasteiger partial charge in [-0.2, -0.15) is 0 Å². The number of fused-ring (bicyclic) bond motifs is 2. The Morgan fingerprint density at radius 2 is 1.11 bits per heavy atom. The maximum Gasteiger partial charge on any atom is 0.488 e. The summed E-state index contributed by atoms with van der Waals surface area (Å²) in [4.78, 5) is 0. The van der Waals surface area contributed by atoms with Crippen molar-refractivity contribution >= 4 is 24.0 Å². The van der Waals surface area contributed by atoms with Gasteiger partial charge in [-0.15, -0.1) is 0 Å². The summed E-state index contributed by atoms with van der Waals surface area (Å²) in [5.74, 6) is 0. The predicted octanol–water partition coefficient (Wildman–Crippen LogP) is 5.47. The molecule has 3 N–H and O–H groups in total. The topological polar surface area (TPSA) is 52.5 Å². The molecule has 0 aromatic heterocycles. The van der Waals surface area contributed by atoms with E-state index in [9.17, 15) is 10.0 Å². The van der Waals surface area contributed by atoms with E-state index < -0.39 is 12.5 Å². The van der Waals surface area contributed by atoms with Crippen LogP contribution in [0.4, 0.5) is 11.4 Å². The first-order chi connectivity index (χ1) is 17.2. The molecule has 0 fully saturated rings. The molecular formula is C31H24BNO2. The standard InChI is InChI=1S/C31H24BNO2/c34-32(35)25-20-18-22(19-21-25)26-14-9-17-29-30(26)31(23-10-3-1-4-11-23,24-12-5-2-6-13-24)27-15-7-8-16-28(27)33-29/h1-21,33-35H. The Hall–Kier alpha value is -4.12. The number of anilines is 2. The minimum absolute atomic E-state index is 0.472. The molecule has 5 aromatic rings. The summed E-state index contributed by atoms with van der Waals surface area (Å²) in [6.07, 6.45) is 0. The van der Waals surface area contributed by atoms with Gasteiger partial charge < -0.3 is 15.4 Å². The van der Waals surface area contributed by atoms with E-state index in [-0.39, 0.29) is 0 Å². The molecule has 4 heteroatoms. The Morgan fingerprint density at radius 1 is 0.543 bits per heavy atom. The summed E-state index contributed by atoms with van der Waals surface area (Å²) in [7, 11) is -1.49. The van der Waals surface area contributed by atoms with Crippen molar-refractivity contribution in [2.24, 2.45) is 0 Å². The minimum Gasteiger partial charge on any atom is -0.423 e. The van der Waals surface area contributed by atoms with E-state index in [4.69, 9.17) is 0 Å². The van der Waals surface area contributed by atoms with Crippen LogP contribution in [0.25, 0.3) is 11.1 Å². The van der Waals surface area contributed by atoms with Gasteiger partial charge in [0.05, 0.1) is 5.41 Å². The lowest BCUT2D eigenvalue weighted by molar-refractivity contribution is 0.426. The van der Waals surface area contributed by atoms with E-state index in [1.165, 1.54) is 22.3 Å². The average molecular weight is 453 g/mol. The molecule has 0 aliphatic carbocycles. The normalized spacial score (nSPS) is 13.3. The van der Waals surface area contributed by atoms with E-state index in [0.29, 0.717) is 5.46 Å². The van der Waals surface area contributed by atoms with Gasteiger partial charge in [0.1, 0.15) is 0 Å². The number of rotatable bonds is 4. The third-order valence-corrected chi connectivity index (χ3v) is 6.97. The predicted molar refractivity (Wildman–Crippen MR) is 143 cm³/mol. The summed E-state index contributed by atoms with van der Waals surface area (Å²) in [5.41, 5.74) is 8.93. The van der Waals surface area contributed by atoms with Gasteiger partial charge in [0, 0.05) is 16.9 Å². The molecule has 1 aliphatic rings. The Bertz CT molecular complexity index is 1440. The highest BCUT2D eigenvalue weighted by Crippen LogP contribution is 2.56. The van der Waals surface area contributed by atoms with Gasteiger partial charge >= 0.3 is 7.12 Å². The van der Waals surface area contributed by atoms with Crippen LogP contribution in [0.5, 0.6) is 0 Å². The molecule has 0 saturated carbocycles. The zero-order chi connectivity index (χ0) is 23.8. The number of benzene rings is 5. The second-order valence-corrected chi connectivity index (χ2v) is 8.88.